The number of esters is 1. The maximum atomic E-state index is 13.0. The molecule has 0 aliphatic carbocycles. The number of aryl methyl sites for hydroxylation is 1. The Morgan fingerprint density at radius 1 is 1.14 bits per heavy atom. The molecule has 3 nitrogen and oxygen atoms in total. The second kappa shape index (κ2) is 7.16. The molecular formula is C18H20FNO2. The zero-order chi connectivity index (χ0) is 16.0. The first-order valence-corrected chi connectivity index (χ1v) is 7.32. The van der Waals surface area contributed by atoms with Gasteiger partial charge in [0.05, 0.1) is 12.0 Å². The van der Waals surface area contributed by atoms with Gasteiger partial charge in [0.2, 0.25) is 0 Å². The molecule has 0 saturated heterocycles. The third kappa shape index (κ3) is 4.13. The first-order valence-electron chi connectivity index (χ1n) is 7.32. The van der Waals surface area contributed by atoms with Gasteiger partial charge in [0.25, 0.3) is 0 Å². The van der Waals surface area contributed by atoms with E-state index in [1.54, 1.807) is 38.4 Å². The standard InChI is InChI=1S/C18H20FNO2/c1-18(2,15-5-7-16(19)8-6-15)17(21)22-13-3-4-14-9-11-20-12-10-14/h5-12H,3-4,13H2,1-2H3. The SMILES string of the molecule is CC(C)(C(=O)OCCCc1ccncc1)c1ccc(F)cc1. The Bertz CT molecular complexity index is 609. The number of aromatic nitrogens is 1. The Labute approximate surface area is 130 Å². The molecule has 0 radical (unpaired) electrons. The Kier molecular flexibility index (Phi) is 5.26. The summed E-state index contributed by atoms with van der Waals surface area (Å²) in [4.78, 5) is 16.2. The molecule has 2 aromatic rings. The highest BCUT2D eigenvalue weighted by molar-refractivity contribution is 5.82. The molecule has 1 heterocycles. The summed E-state index contributed by atoms with van der Waals surface area (Å²) in [5.41, 5.74) is 1.13. The van der Waals surface area contributed by atoms with Crippen molar-refractivity contribution < 1.29 is 13.9 Å². The molecule has 1 aromatic carbocycles. The summed E-state index contributed by atoms with van der Waals surface area (Å²) in [6.45, 7) is 3.93. The predicted octanol–water partition coefficient (Wildman–Crippen LogP) is 3.67. The van der Waals surface area contributed by atoms with Crippen molar-refractivity contribution in [1.82, 2.24) is 4.98 Å². The number of ether oxygens (including phenoxy) is 1. The van der Waals surface area contributed by atoms with Crippen LogP contribution >= 0.6 is 0 Å². The highest BCUT2D eigenvalue weighted by atomic mass is 19.1. The van der Waals surface area contributed by atoms with Gasteiger partial charge in [-0.1, -0.05) is 12.1 Å². The van der Waals surface area contributed by atoms with E-state index in [2.05, 4.69) is 4.98 Å². The first-order chi connectivity index (χ1) is 10.5. The van der Waals surface area contributed by atoms with Gasteiger partial charge in [0.1, 0.15) is 5.82 Å². The van der Waals surface area contributed by atoms with Crippen LogP contribution in [-0.2, 0) is 21.4 Å². The molecule has 0 aliphatic heterocycles. The van der Waals surface area contributed by atoms with Crippen molar-refractivity contribution in [1.29, 1.82) is 0 Å². The lowest BCUT2D eigenvalue weighted by molar-refractivity contribution is -0.149. The van der Waals surface area contributed by atoms with E-state index in [1.807, 2.05) is 12.1 Å². The third-order valence-corrected chi connectivity index (χ3v) is 3.67. The number of hydrogen-bond donors (Lipinski definition) is 0. The number of nitrogens with zero attached hydrogens (tertiary/aromatic N) is 1. The smallest absolute Gasteiger partial charge is 0.315 e. The number of carbonyl (C=O) groups is 1. The minimum Gasteiger partial charge on any atom is -0.465 e. The van der Waals surface area contributed by atoms with E-state index in [4.69, 9.17) is 4.74 Å². The van der Waals surface area contributed by atoms with Gasteiger partial charge in [-0.05, 0) is 62.1 Å². The summed E-state index contributed by atoms with van der Waals surface area (Å²) in [6, 6.07) is 9.84. The maximum Gasteiger partial charge on any atom is 0.315 e. The van der Waals surface area contributed by atoms with Gasteiger partial charge >= 0.3 is 5.97 Å². The lowest BCUT2D eigenvalue weighted by atomic mass is 9.85. The van der Waals surface area contributed by atoms with Crippen LogP contribution in [0.3, 0.4) is 0 Å². The highest BCUT2D eigenvalue weighted by Gasteiger charge is 2.31. The van der Waals surface area contributed by atoms with E-state index in [9.17, 15) is 9.18 Å². The fraction of sp³-hybridized carbons (Fsp3) is 0.333. The molecule has 0 atom stereocenters. The molecule has 0 spiro atoms. The Hall–Kier alpha value is -2.23. The van der Waals surface area contributed by atoms with E-state index in [-0.39, 0.29) is 11.8 Å². The van der Waals surface area contributed by atoms with Crippen LogP contribution in [0.15, 0.2) is 48.8 Å². The normalized spacial score (nSPS) is 11.2. The Morgan fingerprint density at radius 2 is 1.77 bits per heavy atom. The fourth-order valence-corrected chi connectivity index (χ4v) is 2.16. The van der Waals surface area contributed by atoms with Gasteiger partial charge in [-0.15, -0.1) is 0 Å². The molecule has 0 N–H and O–H groups in total. The van der Waals surface area contributed by atoms with E-state index >= 15 is 0 Å². The van der Waals surface area contributed by atoms with Crippen LogP contribution in [0.2, 0.25) is 0 Å². The maximum absolute atomic E-state index is 13.0. The van der Waals surface area contributed by atoms with E-state index < -0.39 is 5.41 Å². The van der Waals surface area contributed by atoms with Gasteiger partial charge in [-0.3, -0.25) is 9.78 Å². The number of halogens is 1. The highest BCUT2D eigenvalue weighted by Crippen LogP contribution is 2.25. The largest absolute Gasteiger partial charge is 0.465 e. The molecule has 4 heteroatoms. The van der Waals surface area contributed by atoms with Crippen LogP contribution in [0.5, 0.6) is 0 Å². The third-order valence-electron chi connectivity index (χ3n) is 3.67. The average molecular weight is 301 g/mol. The van der Waals surface area contributed by atoms with Crippen molar-refractivity contribution in [3.8, 4) is 0 Å². The number of pyridine rings is 1. The van der Waals surface area contributed by atoms with Crippen molar-refractivity contribution in [2.75, 3.05) is 6.61 Å². The first kappa shape index (κ1) is 16.1. The molecule has 0 bridgehead atoms. The quantitative estimate of drug-likeness (QED) is 0.603. The number of hydrogen-bond acceptors (Lipinski definition) is 3. The van der Waals surface area contributed by atoms with Crippen molar-refractivity contribution in [3.05, 3.63) is 65.7 Å². The van der Waals surface area contributed by atoms with Crippen LogP contribution in [-0.4, -0.2) is 17.6 Å². The van der Waals surface area contributed by atoms with Crippen molar-refractivity contribution in [2.45, 2.75) is 32.1 Å². The Morgan fingerprint density at radius 3 is 2.41 bits per heavy atom. The minimum absolute atomic E-state index is 0.297. The van der Waals surface area contributed by atoms with Gasteiger partial charge in [-0.2, -0.15) is 0 Å². The monoisotopic (exact) mass is 301 g/mol. The Balaban J connectivity index is 1.84. The average Bonchev–Trinajstić information content (AvgIpc) is 2.52. The molecule has 1 aromatic heterocycles. The molecule has 116 valence electrons. The van der Waals surface area contributed by atoms with Crippen LogP contribution in [0.1, 0.15) is 31.4 Å². The summed E-state index contributed by atoms with van der Waals surface area (Å²) in [6.07, 6.45) is 5.10. The van der Waals surface area contributed by atoms with Crippen LogP contribution in [0.4, 0.5) is 4.39 Å². The van der Waals surface area contributed by atoms with Crippen molar-refractivity contribution in [3.63, 3.8) is 0 Å². The number of carbonyl (C=O) groups excluding carboxylic acids is 1. The summed E-state index contributed by atoms with van der Waals surface area (Å²) < 4.78 is 18.3. The summed E-state index contributed by atoms with van der Waals surface area (Å²) >= 11 is 0. The van der Waals surface area contributed by atoms with Crippen molar-refractivity contribution >= 4 is 5.97 Å². The predicted molar refractivity (Wildman–Crippen MR) is 82.9 cm³/mol. The van der Waals surface area contributed by atoms with Crippen LogP contribution in [0.25, 0.3) is 0 Å². The summed E-state index contributed by atoms with van der Waals surface area (Å²) in [7, 11) is 0. The molecule has 0 amide bonds. The zero-order valence-electron chi connectivity index (χ0n) is 12.9. The van der Waals surface area contributed by atoms with Crippen LogP contribution in [0, 0.1) is 5.82 Å². The molecule has 0 aliphatic rings. The van der Waals surface area contributed by atoms with Crippen LogP contribution < -0.4 is 0 Å². The number of rotatable bonds is 6. The molecule has 22 heavy (non-hydrogen) atoms. The molecule has 0 saturated carbocycles. The van der Waals surface area contributed by atoms with Gasteiger partial charge in [0.15, 0.2) is 0 Å². The molecule has 2 rings (SSSR count). The van der Waals surface area contributed by atoms with E-state index in [0.29, 0.717) is 6.61 Å². The minimum atomic E-state index is -0.787. The second-order valence-electron chi connectivity index (χ2n) is 5.73. The topological polar surface area (TPSA) is 39.2 Å². The molecule has 0 fully saturated rings. The van der Waals surface area contributed by atoms with Gasteiger partial charge < -0.3 is 4.74 Å². The van der Waals surface area contributed by atoms with Gasteiger partial charge in [-0.25, -0.2) is 4.39 Å². The van der Waals surface area contributed by atoms with Crippen molar-refractivity contribution in [2.24, 2.45) is 0 Å². The summed E-state index contributed by atoms with van der Waals surface area (Å²) in [5, 5.41) is 0. The number of benzene rings is 1. The fourth-order valence-electron chi connectivity index (χ4n) is 2.16. The lowest BCUT2D eigenvalue weighted by Gasteiger charge is -2.23. The van der Waals surface area contributed by atoms with E-state index in [1.165, 1.54) is 17.7 Å². The molecular weight excluding hydrogens is 281 g/mol. The van der Waals surface area contributed by atoms with Gasteiger partial charge in [0, 0.05) is 12.4 Å². The zero-order valence-corrected chi connectivity index (χ0v) is 12.9. The lowest BCUT2D eigenvalue weighted by Crippen LogP contribution is -2.31. The summed E-state index contributed by atoms with van der Waals surface area (Å²) in [5.74, 6) is -0.612. The van der Waals surface area contributed by atoms with E-state index in [0.717, 1.165) is 18.4 Å². The second-order valence-corrected chi connectivity index (χ2v) is 5.73. The molecule has 0 unspecified atom stereocenters.